The smallest absolute Gasteiger partial charge is 0.409 e. The Morgan fingerprint density at radius 2 is 1.75 bits per heavy atom. The number of aromatic nitrogens is 2. The molecule has 1 aromatic heterocycles. The summed E-state index contributed by atoms with van der Waals surface area (Å²) in [7, 11) is 0. The van der Waals surface area contributed by atoms with E-state index in [1.807, 2.05) is 0 Å². The molecule has 0 aliphatic carbocycles. The molecule has 1 saturated heterocycles. The summed E-state index contributed by atoms with van der Waals surface area (Å²) >= 11 is 0. The summed E-state index contributed by atoms with van der Waals surface area (Å²) in [6, 6.07) is 12.3. The Morgan fingerprint density at radius 3 is 2.32 bits per heavy atom. The summed E-state index contributed by atoms with van der Waals surface area (Å²) in [5, 5.41) is 19.9. The molecule has 9 nitrogen and oxygen atoms in total. The van der Waals surface area contributed by atoms with Gasteiger partial charge in [0.25, 0.3) is 5.91 Å². The van der Waals surface area contributed by atoms with E-state index in [0.717, 1.165) is 5.69 Å². The van der Waals surface area contributed by atoms with Crippen molar-refractivity contribution < 1.29 is 14.3 Å². The number of hydrogen-bond acceptors (Lipinski definition) is 7. The van der Waals surface area contributed by atoms with Crippen LogP contribution in [0, 0.1) is 11.3 Å². The Labute approximate surface area is 162 Å². The fourth-order valence-electron chi connectivity index (χ4n) is 2.76. The zero-order valence-electron chi connectivity index (χ0n) is 15.5. The molecule has 1 N–H and O–H groups in total. The highest BCUT2D eigenvalue weighted by Crippen LogP contribution is 2.15. The average Bonchev–Trinajstić information content (AvgIpc) is 2.74. The molecule has 0 bridgehead atoms. The van der Waals surface area contributed by atoms with Crippen molar-refractivity contribution in [2.75, 3.05) is 38.1 Å². The number of benzene rings is 1. The van der Waals surface area contributed by atoms with Gasteiger partial charge in [-0.05, 0) is 43.3 Å². The number of piperazine rings is 1. The second-order valence-electron chi connectivity index (χ2n) is 6.10. The first kappa shape index (κ1) is 19.1. The molecule has 1 fully saturated rings. The van der Waals surface area contributed by atoms with E-state index in [4.69, 9.17) is 10.00 Å². The van der Waals surface area contributed by atoms with Crippen molar-refractivity contribution in [2.45, 2.75) is 6.92 Å². The van der Waals surface area contributed by atoms with Crippen molar-refractivity contribution in [3.8, 4) is 6.07 Å². The van der Waals surface area contributed by atoms with Gasteiger partial charge in [0.05, 0.1) is 18.2 Å². The second-order valence-corrected chi connectivity index (χ2v) is 6.10. The molecule has 2 heterocycles. The maximum atomic E-state index is 12.6. The Bertz CT molecular complexity index is 868. The predicted octanol–water partition coefficient (Wildman–Crippen LogP) is 2.01. The first-order valence-corrected chi connectivity index (χ1v) is 8.92. The number of rotatable bonds is 4. The summed E-state index contributed by atoms with van der Waals surface area (Å²) in [5.74, 6) is 0.273. The normalized spacial score (nSPS) is 13.6. The molecular weight excluding hydrogens is 360 g/mol. The van der Waals surface area contributed by atoms with Gasteiger partial charge in [0.2, 0.25) is 0 Å². The molecule has 1 aliphatic heterocycles. The number of amides is 2. The average molecular weight is 380 g/mol. The van der Waals surface area contributed by atoms with Crippen molar-refractivity contribution in [1.82, 2.24) is 20.0 Å². The van der Waals surface area contributed by atoms with Gasteiger partial charge in [0.1, 0.15) is 0 Å². The summed E-state index contributed by atoms with van der Waals surface area (Å²) in [5.41, 5.74) is 1.58. The number of anilines is 2. The molecule has 0 radical (unpaired) electrons. The van der Waals surface area contributed by atoms with E-state index < -0.39 is 0 Å². The topological polar surface area (TPSA) is 111 Å². The van der Waals surface area contributed by atoms with Crippen LogP contribution in [0.5, 0.6) is 0 Å². The van der Waals surface area contributed by atoms with Crippen LogP contribution in [0.25, 0.3) is 0 Å². The molecule has 1 aliphatic rings. The SMILES string of the molecule is CCOC(=O)N1CCN(C(=O)c2ccc(Nc3ccc(C#N)cc3)nn2)CC1. The highest BCUT2D eigenvalue weighted by Gasteiger charge is 2.26. The van der Waals surface area contributed by atoms with Gasteiger partial charge in [-0.1, -0.05) is 0 Å². The first-order chi connectivity index (χ1) is 13.6. The number of nitriles is 1. The monoisotopic (exact) mass is 380 g/mol. The highest BCUT2D eigenvalue weighted by molar-refractivity contribution is 5.92. The fraction of sp³-hybridized carbons (Fsp3) is 0.316. The van der Waals surface area contributed by atoms with Crippen LogP contribution in [0.15, 0.2) is 36.4 Å². The lowest BCUT2D eigenvalue weighted by molar-refractivity contribution is 0.0565. The van der Waals surface area contributed by atoms with Crippen molar-refractivity contribution in [1.29, 1.82) is 5.26 Å². The van der Waals surface area contributed by atoms with Crippen LogP contribution in [0.4, 0.5) is 16.3 Å². The van der Waals surface area contributed by atoms with E-state index in [1.54, 1.807) is 53.1 Å². The number of carbonyl (C=O) groups is 2. The molecule has 0 spiro atoms. The van der Waals surface area contributed by atoms with Gasteiger partial charge in [-0.25, -0.2) is 4.79 Å². The van der Waals surface area contributed by atoms with Crippen LogP contribution < -0.4 is 5.32 Å². The summed E-state index contributed by atoms with van der Waals surface area (Å²) < 4.78 is 4.97. The van der Waals surface area contributed by atoms with Gasteiger partial charge in [-0.15, -0.1) is 10.2 Å². The minimum absolute atomic E-state index is 0.221. The Morgan fingerprint density at radius 1 is 1.07 bits per heavy atom. The molecule has 0 unspecified atom stereocenters. The van der Waals surface area contributed by atoms with Gasteiger partial charge in [0, 0.05) is 31.9 Å². The molecule has 0 atom stereocenters. The van der Waals surface area contributed by atoms with E-state index in [1.165, 1.54) is 0 Å². The lowest BCUT2D eigenvalue weighted by Crippen LogP contribution is -2.50. The summed E-state index contributed by atoms with van der Waals surface area (Å²) in [6.45, 7) is 3.79. The zero-order chi connectivity index (χ0) is 19.9. The van der Waals surface area contributed by atoms with Gasteiger partial charge in [0.15, 0.2) is 11.5 Å². The van der Waals surface area contributed by atoms with Crippen LogP contribution >= 0.6 is 0 Å². The van der Waals surface area contributed by atoms with Crippen molar-refractivity contribution in [3.63, 3.8) is 0 Å². The van der Waals surface area contributed by atoms with Crippen LogP contribution in [0.2, 0.25) is 0 Å². The molecule has 28 heavy (non-hydrogen) atoms. The van der Waals surface area contributed by atoms with Gasteiger partial charge >= 0.3 is 6.09 Å². The number of carbonyl (C=O) groups excluding carboxylic acids is 2. The van der Waals surface area contributed by atoms with Gasteiger partial charge < -0.3 is 19.9 Å². The van der Waals surface area contributed by atoms with Crippen molar-refractivity contribution >= 4 is 23.5 Å². The van der Waals surface area contributed by atoms with Crippen molar-refractivity contribution in [3.05, 3.63) is 47.7 Å². The quantitative estimate of drug-likeness (QED) is 0.863. The second kappa shape index (κ2) is 8.81. The molecule has 3 rings (SSSR count). The lowest BCUT2D eigenvalue weighted by Gasteiger charge is -2.33. The summed E-state index contributed by atoms with van der Waals surface area (Å²) in [6.07, 6.45) is -0.354. The van der Waals surface area contributed by atoms with E-state index in [-0.39, 0.29) is 17.7 Å². The molecule has 144 valence electrons. The van der Waals surface area contributed by atoms with E-state index in [0.29, 0.717) is 44.2 Å². The van der Waals surface area contributed by atoms with Gasteiger partial charge in [-0.2, -0.15) is 5.26 Å². The number of ether oxygens (including phenoxy) is 1. The van der Waals surface area contributed by atoms with Crippen LogP contribution in [0.1, 0.15) is 23.0 Å². The maximum absolute atomic E-state index is 12.6. The molecule has 0 saturated carbocycles. The Hall–Kier alpha value is -3.67. The van der Waals surface area contributed by atoms with Gasteiger partial charge in [-0.3, -0.25) is 4.79 Å². The van der Waals surface area contributed by atoms with Crippen molar-refractivity contribution in [2.24, 2.45) is 0 Å². The predicted molar refractivity (Wildman–Crippen MR) is 101 cm³/mol. The fourth-order valence-corrected chi connectivity index (χ4v) is 2.76. The number of nitrogens with zero attached hydrogens (tertiary/aromatic N) is 5. The maximum Gasteiger partial charge on any atom is 0.409 e. The van der Waals surface area contributed by atoms with Crippen LogP contribution in [-0.4, -0.2) is 64.8 Å². The van der Waals surface area contributed by atoms with E-state index >= 15 is 0 Å². The van der Waals surface area contributed by atoms with E-state index in [9.17, 15) is 9.59 Å². The molecular formula is C19H20N6O3. The third-order valence-electron chi connectivity index (χ3n) is 4.26. The molecule has 9 heteroatoms. The van der Waals surface area contributed by atoms with Crippen LogP contribution in [0.3, 0.4) is 0 Å². The summed E-state index contributed by atoms with van der Waals surface area (Å²) in [4.78, 5) is 27.5. The first-order valence-electron chi connectivity index (χ1n) is 8.92. The Balaban J connectivity index is 1.56. The third-order valence-corrected chi connectivity index (χ3v) is 4.26. The molecule has 2 amide bonds. The largest absolute Gasteiger partial charge is 0.450 e. The molecule has 2 aromatic rings. The van der Waals surface area contributed by atoms with E-state index in [2.05, 4.69) is 21.6 Å². The number of nitrogens with one attached hydrogen (secondary N) is 1. The van der Waals surface area contributed by atoms with Crippen LogP contribution in [-0.2, 0) is 4.74 Å². The molecule has 1 aromatic carbocycles. The minimum Gasteiger partial charge on any atom is -0.450 e. The Kier molecular flexibility index (Phi) is 6.01. The minimum atomic E-state index is -0.354. The highest BCUT2D eigenvalue weighted by atomic mass is 16.6. The zero-order valence-corrected chi connectivity index (χ0v) is 15.5. The third kappa shape index (κ3) is 4.54. The lowest BCUT2D eigenvalue weighted by atomic mass is 10.2. The standard InChI is InChI=1S/C19H20N6O3/c1-2-28-19(27)25-11-9-24(10-12-25)18(26)16-7-8-17(23-22-16)21-15-5-3-14(13-20)4-6-15/h3-8H,2,9-12H2,1H3,(H,21,23). The number of hydrogen-bond donors (Lipinski definition) is 1.